The van der Waals surface area contributed by atoms with Crippen molar-refractivity contribution in [2.75, 3.05) is 45.1 Å². The van der Waals surface area contributed by atoms with Crippen LogP contribution in [0.1, 0.15) is 30.1 Å². The number of carbonyl (C=O) groups excluding carboxylic acids is 1. The molecule has 0 aromatic carbocycles. The molecule has 1 fully saturated rings. The van der Waals surface area contributed by atoms with Gasteiger partial charge in [-0.25, -0.2) is 0 Å². The van der Waals surface area contributed by atoms with E-state index in [2.05, 4.69) is 15.2 Å². The first-order valence-electron chi connectivity index (χ1n) is 8.27. The van der Waals surface area contributed by atoms with E-state index in [9.17, 15) is 9.59 Å². The molecule has 0 saturated carbocycles. The van der Waals surface area contributed by atoms with E-state index >= 15 is 0 Å². The summed E-state index contributed by atoms with van der Waals surface area (Å²) in [5.41, 5.74) is 4.97. The van der Waals surface area contributed by atoms with Crippen molar-refractivity contribution in [2.24, 2.45) is 5.92 Å². The maximum absolute atomic E-state index is 12.2. The number of nitrogens with two attached hydrogens (primary N) is 1. The second kappa shape index (κ2) is 9.05. The Kier molecular flexibility index (Phi) is 7.08. The highest BCUT2D eigenvalue weighted by Crippen LogP contribution is 2.17. The van der Waals surface area contributed by atoms with Gasteiger partial charge in [0.15, 0.2) is 0 Å². The van der Waals surface area contributed by atoms with E-state index in [1.807, 2.05) is 6.92 Å². The minimum Gasteiger partial charge on any atom is -0.384 e. The molecule has 0 atom stereocenters. The normalized spacial score (nSPS) is 16.2. The average molecular weight is 357 g/mol. The number of hydrogen-bond donors (Lipinski definition) is 3. The van der Waals surface area contributed by atoms with Gasteiger partial charge >= 0.3 is 0 Å². The Morgan fingerprint density at radius 2 is 2.21 bits per heavy atom. The first-order valence-corrected chi connectivity index (χ1v) is 8.65. The summed E-state index contributed by atoms with van der Waals surface area (Å²) in [5.74, 6) is 0.0650. The van der Waals surface area contributed by atoms with E-state index in [0.717, 1.165) is 45.7 Å². The highest BCUT2D eigenvalue weighted by molar-refractivity contribution is 6.33. The maximum Gasteiger partial charge on any atom is 0.262 e. The number of piperidine rings is 1. The van der Waals surface area contributed by atoms with Crippen molar-refractivity contribution in [2.45, 2.75) is 19.8 Å². The van der Waals surface area contributed by atoms with Crippen LogP contribution in [-0.4, -0.2) is 55.2 Å². The number of carbonyl (C=O) groups is 1. The molecule has 1 aromatic heterocycles. The number of halogens is 1. The lowest BCUT2D eigenvalue weighted by Gasteiger charge is -2.31. The number of nitrogens with zero attached hydrogens (tertiary/aromatic N) is 1. The molecule has 0 radical (unpaired) electrons. The van der Waals surface area contributed by atoms with Gasteiger partial charge in [-0.2, -0.15) is 0 Å². The third-order valence-corrected chi connectivity index (χ3v) is 4.59. The highest BCUT2D eigenvalue weighted by atomic mass is 35.5. The second-order valence-electron chi connectivity index (χ2n) is 5.97. The zero-order valence-corrected chi connectivity index (χ0v) is 14.7. The quantitative estimate of drug-likeness (QED) is 0.635. The number of nitrogens with one attached hydrogen (secondary N) is 2. The van der Waals surface area contributed by atoms with Crippen molar-refractivity contribution in [3.63, 3.8) is 0 Å². The first kappa shape index (κ1) is 18.8. The predicted octanol–water partition coefficient (Wildman–Crippen LogP) is 1.09. The molecule has 0 aliphatic carbocycles. The highest BCUT2D eigenvalue weighted by Gasteiger charge is 2.20. The predicted molar refractivity (Wildman–Crippen MR) is 94.5 cm³/mol. The number of amides is 1. The third-order valence-electron chi connectivity index (χ3n) is 4.28. The number of nitrogen functional groups attached to an aromatic ring is 1. The summed E-state index contributed by atoms with van der Waals surface area (Å²) in [6.07, 6.45) is 2.04. The zero-order valence-electron chi connectivity index (χ0n) is 13.9. The number of aromatic nitrogens is 1. The largest absolute Gasteiger partial charge is 0.384 e. The van der Waals surface area contributed by atoms with Gasteiger partial charge in [-0.1, -0.05) is 11.6 Å². The molecule has 2 heterocycles. The van der Waals surface area contributed by atoms with E-state index in [-0.39, 0.29) is 16.4 Å². The smallest absolute Gasteiger partial charge is 0.262 e. The molecule has 1 saturated heterocycles. The maximum atomic E-state index is 12.2. The molecule has 134 valence electrons. The van der Waals surface area contributed by atoms with Gasteiger partial charge in [0.05, 0.1) is 11.6 Å². The standard InChI is InChI=1S/C16H25ClN4O3/c1-2-24-8-7-21-5-3-11(4-6-21)10-19-15(22)12-9-13(17)14(18)20-16(12)23/h9,11H,2-8,10H2,1H3,(H,19,22)(H3,18,20,23). The third kappa shape index (κ3) is 5.22. The Bertz CT molecular complexity index is 612. The van der Waals surface area contributed by atoms with Crippen molar-refractivity contribution in [3.8, 4) is 0 Å². The minimum absolute atomic E-state index is 0.0108. The van der Waals surface area contributed by atoms with Crippen molar-refractivity contribution >= 4 is 23.3 Å². The molecule has 1 aliphatic rings. The van der Waals surface area contributed by atoms with Crippen molar-refractivity contribution < 1.29 is 9.53 Å². The van der Waals surface area contributed by atoms with E-state index in [0.29, 0.717) is 12.5 Å². The summed E-state index contributed by atoms with van der Waals surface area (Å²) in [7, 11) is 0. The Balaban J connectivity index is 1.77. The van der Waals surface area contributed by atoms with Crippen LogP contribution in [-0.2, 0) is 4.74 Å². The molecule has 0 spiro atoms. The van der Waals surface area contributed by atoms with E-state index in [4.69, 9.17) is 22.1 Å². The van der Waals surface area contributed by atoms with Gasteiger partial charge in [-0.05, 0) is 44.8 Å². The average Bonchev–Trinajstić information content (AvgIpc) is 2.57. The molecule has 2 rings (SSSR count). The van der Waals surface area contributed by atoms with Crippen molar-refractivity contribution in [1.29, 1.82) is 0 Å². The van der Waals surface area contributed by atoms with Crippen molar-refractivity contribution in [3.05, 3.63) is 27.0 Å². The number of anilines is 1. The zero-order chi connectivity index (χ0) is 17.5. The summed E-state index contributed by atoms with van der Waals surface area (Å²) >= 11 is 5.86. The molecule has 1 aromatic rings. The summed E-state index contributed by atoms with van der Waals surface area (Å²) in [6, 6.07) is 1.31. The topological polar surface area (TPSA) is 100 Å². The van der Waals surface area contributed by atoms with Gasteiger partial charge in [-0.15, -0.1) is 0 Å². The lowest BCUT2D eigenvalue weighted by Crippen LogP contribution is -2.40. The van der Waals surface area contributed by atoms with Crippen LogP contribution in [0.4, 0.5) is 5.82 Å². The van der Waals surface area contributed by atoms with E-state index < -0.39 is 11.5 Å². The second-order valence-corrected chi connectivity index (χ2v) is 6.37. The SMILES string of the molecule is CCOCCN1CCC(CNC(=O)c2cc(Cl)c(N)[nH]c2=O)CC1. The lowest BCUT2D eigenvalue weighted by atomic mass is 9.96. The number of ether oxygens (including phenoxy) is 1. The van der Waals surface area contributed by atoms with Gasteiger partial charge in [0.2, 0.25) is 0 Å². The Morgan fingerprint density at radius 3 is 2.88 bits per heavy atom. The number of hydrogen-bond acceptors (Lipinski definition) is 5. The summed E-state index contributed by atoms with van der Waals surface area (Å²) < 4.78 is 5.37. The van der Waals surface area contributed by atoms with Gasteiger partial charge < -0.3 is 25.7 Å². The Morgan fingerprint density at radius 1 is 1.50 bits per heavy atom. The molecular formula is C16H25ClN4O3. The van der Waals surface area contributed by atoms with Gasteiger partial charge in [0.1, 0.15) is 11.4 Å². The summed E-state index contributed by atoms with van der Waals surface area (Å²) in [4.78, 5) is 28.7. The molecule has 24 heavy (non-hydrogen) atoms. The van der Waals surface area contributed by atoms with E-state index in [1.54, 1.807) is 0 Å². The van der Waals surface area contributed by atoms with E-state index in [1.165, 1.54) is 6.07 Å². The van der Waals surface area contributed by atoms with Crippen LogP contribution in [0, 0.1) is 5.92 Å². The van der Waals surface area contributed by atoms with Gasteiger partial charge in [0.25, 0.3) is 11.5 Å². The minimum atomic E-state index is -0.528. The number of likely N-dealkylation sites (tertiary alicyclic amines) is 1. The van der Waals surface area contributed by atoms with Crippen LogP contribution in [0.5, 0.6) is 0 Å². The van der Waals surface area contributed by atoms with Crippen LogP contribution >= 0.6 is 11.6 Å². The molecule has 0 unspecified atom stereocenters. The monoisotopic (exact) mass is 356 g/mol. The number of aromatic amines is 1. The van der Waals surface area contributed by atoms with Crippen LogP contribution in [0.3, 0.4) is 0 Å². The lowest BCUT2D eigenvalue weighted by molar-refractivity contribution is 0.0891. The van der Waals surface area contributed by atoms with Crippen LogP contribution in [0.2, 0.25) is 5.02 Å². The summed E-state index contributed by atoms with van der Waals surface area (Å²) in [5, 5.41) is 2.99. The Labute approximate surface area is 146 Å². The molecule has 1 amide bonds. The molecular weight excluding hydrogens is 332 g/mol. The molecule has 4 N–H and O–H groups in total. The van der Waals surface area contributed by atoms with Gasteiger partial charge in [-0.3, -0.25) is 9.59 Å². The summed E-state index contributed by atoms with van der Waals surface area (Å²) in [6.45, 7) is 7.01. The van der Waals surface area contributed by atoms with Crippen molar-refractivity contribution in [1.82, 2.24) is 15.2 Å². The number of rotatable bonds is 7. The fourth-order valence-corrected chi connectivity index (χ4v) is 2.93. The number of pyridine rings is 1. The van der Waals surface area contributed by atoms with Crippen LogP contribution in [0.15, 0.2) is 10.9 Å². The van der Waals surface area contributed by atoms with Crippen LogP contribution in [0.25, 0.3) is 0 Å². The molecule has 1 aliphatic heterocycles. The molecule has 8 heteroatoms. The molecule has 0 bridgehead atoms. The first-order chi connectivity index (χ1) is 11.5. The fraction of sp³-hybridized carbons (Fsp3) is 0.625. The Hall–Kier alpha value is -1.57. The van der Waals surface area contributed by atoms with Crippen LogP contribution < -0.4 is 16.6 Å². The molecule has 7 nitrogen and oxygen atoms in total. The fourth-order valence-electron chi connectivity index (χ4n) is 2.77. The van der Waals surface area contributed by atoms with Gasteiger partial charge in [0, 0.05) is 19.7 Å². The number of H-pyrrole nitrogens is 1.